The topological polar surface area (TPSA) is 78.5 Å². The number of sulfonamides is 1. The van der Waals surface area contributed by atoms with Crippen LogP contribution >= 0.6 is 12.2 Å². The summed E-state index contributed by atoms with van der Waals surface area (Å²) in [6, 6.07) is 15.0. The predicted molar refractivity (Wildman–Crippen MR) is 108 cm³/mol. The fraction of sp³-hybridized carbons (Fsp3) is 0.222. The summed E-state index contributed by atoms with van der Waals surface area (Å²) in [7, 11) is -2.16. The average molecular weight is 392 g/mol. The minimum atomic E-state index is -3.66. The van der Waals surface area contributed by atoms with E-state index in [0.717, 1.165) is 0 Å². The minimum Gasteiger partial charge on any atom is -0.332 e. The number of nitrogens with zero attached hydrogens (tertiary/aromatic N) is 1. The maximum Gasteiger partial charge on any atom is 0.264 e. The van der Waals surface area contributed by atoms with Gasteiger partial charge in [0.2, 0.25) is 5.91 Å². The first-order valence-corrected chi connectivity index (χ1v) is 9.82. The van der Waals surface area contributed by atoms with Crippen LogP contribution in [-0.4, -0.2) is 26.5 Å². The Bertz CT molecular complexity index is 880. The van der Waals surface area contributed by atoms with Gasteiger partial charge in [-0.1, -0.05) is 32.0 Å². The van der Waals surface area contributed by atoms with Crippen molar-refractivity contribution in [2.75, 3.05) is 16.7 Å². The third-order valence-electron chi connectivity index (χ3n) is 3.65. The number of carbonyl (C=O) groups is 1. The first-order chi connectivity index (χ1) is 12.2. The summed E-state index contributed by atoms with van der Waals surface area (Å²) in [5, 5.41) is 5.59. The smallest absolute Gasteiger partial charge is 0.264 e. The molecule has 2 N–H and O–H groups in total. The molecule has 0 spiro atoms. The van der Waals surface area contributed by atoms with Crippen molar-refractivity contribution in [1.29, 1.82) is 0 Å². The second-order valence-electron chi connectivity index (χ2n) is 5.93. The molecule has 0 aliphatic carbocycles. The first-order valence-electron chi connectivity index (χ1n) is 7.97. The summed E-state index contributed by atoms with van der Waals surface area (Å²) in [6.45, 7) is 3.53. The lowest BCUT2D eigenvalue weighted by atomic mass is 10.2. The van der Waals surface area contributed by atoms with Gasteiger partial charge >= 0.3 is 0 Å². The van der Waals surface area contributed by atoms with E-state index in [-0.39, 0.29) is 21.8 Å². The average Bonchev–Trinajstić information content (AvgIpc) is 2.62. The molecule has 138 valence electrons. The molecule has 0 heterocycles. The van der Waals surface area contributed by atoms with E-state index in [1.807, 2.05) is 6.07 Å². The number of carbonyl (C=O) groups excluding carboxylic acids is 1. The number of anilines is 2. The van der Waals surface area contributed by atoms with Gasteiger partial charge in [-0.15, -0.1) is 0 Å². The highest BCUT2D eigenvalue weighted by molar-refractivity contribution is 7.92. The van der Waals surface area contributed by atoms with E-state index in [1.165, 1.54) is 23.5 Å². The molecule has 0 bridgehead atoms. The van der Waals surface area contributed by atoms with Gasteiger partial charge < -0.3 is 10.6 Å². The summed E-state index contributed by atoms with van der Waals surface area (Å²) in [6.07, 6.45) is 0. The summed E-state index contributed by atoms with van der Waals surface area (Å²) in [5.74, 6) is -0.373. The molecule has 0 unspecified atom stereocenters. The number of rotatable bonds is 5. The van der Waals surface area contributed by atoms with Crippen LogP contribution in [0.15, 0.2) is 59.5 Å². The Hall–Kier alpha value is -2.45. The Morgan fingerprint density at radius 2 is 1.62 bits per heavy atom. The molecule has 2 aromatic rings. The summed E-state index contributed by atoms with van der Waals surface area (Å²) < 4.78 is 26.6. The Morgan fingerprint density at radius 3 is 2.15 bits per heavy atom. The second-order valence-corrected chi connectivity index (χ2v) is 8.31. The van der Waals surface area contributed by atoms with Crippen LogP contribution < -0.4 is 14.9 Å². The van der Waals surface area contributed by atoms with E-state index in [1.54, 1.807) is 50.2 Å². The summed E-state index contributed by atoms with van der Waals surface area (Å²) in [4.78, 5) is 11.8. The fourth-order valence-electron chi connectivity index (χ4n) is 2.06. The number of hydrogen-bond acceptors (Lipinski definition) is 4. The molecule has 1 amide bonds. The van der Waals surface area contributed by atoms with E-state index < -0.39 is 10.0 Å². The standard InChI is InChI=1S/C18H21N3O3S2/c1-13(2)17(22)20-18(25)19-14-9-11-16(12-10-14)26(23,24)21(3)15-7-5-4-6-8-15/h4-13H,1-3H3,(H2,19,20,22,25). The van der Waals surface area contributed by atoms with Crippen molar-refractivity contribution in [2.24, 2.45) is 5.92 Å². The number of hydrogen-bond donors (Lipinski definition) is 2. The molecule has 2 rings (SSSR count). The highest BCUT2D eigenvalue weighted by Gasteiger charge is 2.21. The Kier molecular flexibility index (Phi) is 6.33. The van der Waals surface area contributed by atoms with Crippen LogP contribution in [0.1, 0.15) is 13.8 Å². The van der Waals surface area contributed by atoms with Crippen molar-refractivity contribution in [3.8, 4) is 0 Å². The molecular weight excluding hydrogens is 370 g/mol. The quantitative estimate of drug-likeness (QED) is 0.766. The van der Waals surface area contributed by atoms with Gasteiger partial charge in [-0.05, 0) is 48.6 Å². The summed E-state index contributed by atoms with van der Waals surface area (Å²) in [5.41, 5.74) is 1.16. The minimum absolute atomic E-state index is 0.159. The van der Waals surface area contributed by atoms with E-state index >= 15 is 0 Å². The van der Waals surface area contributed by atoms with Crippen LogP contribution in [-0.2, 0) is 14.8 Å². The molecule has 0 radical (unpaired) electrons. The second kappa shape index (κ2) is 8.29. The molecule has 0 aromatic heterocycles. The molecule has 8 heteroatoms. The molecule has 26 heavy (non-hydrogen) atoms. The first kappa shape index (κ1) is 19.9. The lowest BCUT2D eigenvalue weighted by Gasteiger charge is -2.19. The molecule has 0 fully saturated rings. The van der Waals surface area contributed by atoms with Gasteiger partial charge in [0.1, 0.15) is 0 Å². The number of benzene rings is 2. The molecule has 0 aliphatic heterocycles. The van der Waals surface area contributed by atoms with Crippen LogP contribution in [0, 0.1) is 5.92 Å². The Morgan fingerprint density at radius 1 is 1.04 bits per heavy atom. The third-order valence-corrected chi connectivity index (χ3v) is 5.66. The maximum absolute atomic E-state index is 12.7. The van der Waals surface area contributed by atoms with Gasteiger partial charge in [0.15, 0.2) is 5.11 Å². The molecular formula is C18H21N3O3S2. The fourth-order valence-corrected chi connectivity index (χ4v) is 3.48. The van der Waals surface area contributed by atoms with Crippen molar-refractivity contribution in [3.05, 3.63) is 54.6 Å². The lowest BCUT2D eigenvalue weighted by molar-refractivity contribution is -0.122. The Labute approximate surface area is 159 Å². The SMILES string of the molecule is CC(C)C(=O)NC(=S)Nc1ccc(S(=O)(=O)N(C)c2ccccc2)cc1. The van der Waals surface area contributed by atoms with Gasteiger partial charge in [0.25, 0.3) is 10.0 Å². The van der Waals surface area contributed by atoms with Crippen molar-refractivity contribution < 1.29 is 13.2 Å². The summed E-state index contributed by atoms with van der Waals surface area (Å²) >= 11 is 5.07. The van der Waals surface area contributed by atoms with Gasteiger partial charge in [-0.3, -0.25) is 9.10 Å². The number of amides is 1. The van der Waals surface area contributed by atoms with E-state index in [9.17, 15) is 13.2 Å². The number of thiocarbonyl (C=S) groups is 1. The number of nitrogens with one attached hydrogen (secondary N) is 2. The van der Waals surface area contributed by atoms with Crippen molar-refractivity contribution in [1.82, 2.24) is 5.32 Å². The zero-order valence-corrected chi connectivity index (χ0v) is 16.4. The van der Waals surface area contributed by atoms with Crippen molar-refractivity contribution in [2.45, 2.75) is 18.7 Å². The van der Waals surface area contributed by atoms with Crippen LogP contribution in [0.25, 0.3) is 0 Å². The van der Waals surface area contributed by atoms with Gasteiger partial charge in [-0.2, -0.15) is 0 Å². The van der Waals surface area contributed by atoms with Gasteiger partial charge in [-0.25, -0.2) is 8.42 Å². The predicted octanol–water partition coefficient (Wildman–Crippen LogP) is 2.98. The molecule has 0 aliphatic rings. The van der Waals surface area contributed by atoms with Crippen LogP contribution in [0.5, 0.6) is 0 Å². The van der Waals surface area contributed by atoms with Crippen LogP contribution in [0.2, 0.25) is 0 Å². The molecule has 2 aromatic carbocycles. The highest BCUT2D eigenvalue weighted by atomic mass is 32.2. The monoisotopic (exact) mass is 391 g/mol. The Balaban J connectivity index is 2.11. The van der Waals surface area contributed by atoms with E-state index in [2.05, 4.69) is 10.6 Å². The third kappa shape index (κ3) is 4.80. The largest absolute Gasteiger partial charge is 0.332 e. The zero-order chi connectivity index (χ0) is 19.3. The van der Waals surface area contributed by atoms with E-state index in [4.69, 9.17) is 12.2 Å². The number of para-hydroxylation sites is 1. The van der Waals surface area contributed by atoms with Gasteiger partial charge in [0, 0.05) is 18.7 Å². The van der Waals surface area contributed by atoms with Crippen molar-refractivity contribution in [3.63, 3.8) is 0 Å². The molecule has 6 nitrogen and oxygen atoms in total. The normalized spacial score (nSPS) is 11.1. The lowest BCUT2D eigenvalue weighted by Crippen LogP contribution is -2.36. The van der Waals surface area contributed by atoms with Crippen molar-refractivity contribution >= 4 is 44.6 Å². The highest BCUT2D eigenvalue weighted by Crippen LogP contribution is 2.22. The van der Waals surface area contributed by atoms with Crippen LogP contribution in [0.3, 0.4) is 0 Å². The molecule has 0 saturated carbocycles. The van der Waals surface area contributed by atoms with Gasteiger partial charge in [0.05, 0.1) is 10.6 Å². The van der Waals surface area contributed by atoms with Crippen LogP contribution in [0.4, 0.5) is 11.4 Å². The van der Waals surface area contributed by atoms with E-state index in [0.29, 0.717) is 11.4 Å². The zero-order valence-electron chi connectivity index (χ0n) is 14.8. The molecule has 0 saturated heterocycles. The maximum atomic E-state index is 12.7. The molecule has 0 atom stereocenters.